The van der Waals surface area contributed by atoms with Gasteiger partial charge in [0, 0.05) is 5.02 Å². The van der Waals surface area contributed by atoms with Gasteiger partial charge in [-0.25, -0.2) is 8.42 Å². The number of nitriles is 1. The summed E-state index contributed by atoms with van der Waals surface area (Å²) in [7, 11) is -4.06. The molecule has 0 aliphatic carbocycles. The SMILES string of the molecule is C[C@@H](O)[C@@H](NS(=O)(=O)c1ccc(Cl)cc1)C(=O)OCc1ccc(C#N)cc1. The average Bonchev–Trinajstić information content (AvgIpc) is 2.64. The summed E-state index contributed by atoms with van der Waals surface area (Å²) in [6.45, 7) is 1.15. The van der Waals surface area contributed by atoms with Crippen LogP contribution in [0.25, 0.3) is 0 Å². The fourth-order valence-electron chi connectivity index (χ4n) is 2.11. The van der Waals surface area contributed by atoms with Crippen LogP contribution in [0.4, 0.5) is 0 Å². The smallest absolute Gasteiger partial charge is 0.327 e. The normalized spacial score (nSPS) is 13.4. The minimum absolute atomic E-state index is 0.0996. The van der Waals surface area contributed by atoms with Crippen LogP contribution in [-0.4, -0.2) is 31.6 Å². The maximum atomic E-state index is 12.4. The Morgan fingerprint density at radius 2 is 1.81 bits per heavy atom. The van der Waals surface area contributed by atoms with Gasteiger partial charge in [0.25, 0.3) is 0 Å². The molecule has 0 amide bonds. The molecule has 2 aromatic rings. The molecule has 0 spiro atoms. The van der Waals surface area contributed by atoms with E-state index in [1.54, 1.807) is 24.3 Å². The van der Waals surface area contributed by atoms with Gasteiger partial charge in [-0.15, -0.1) is 0 Å². The largest absolute Gasteiger partial charge is 0.460 e. The van der Waals surface area contributed by atoms with Crippen LogP contribution in [0.5, 0.6) is 0 Å². The number of esters is 1. The number of sulfonamides is 1. The first-order valence-corrected chi connectivity index (χ1v) is 9.70. The van der Waals surface area contributed by atoms with Crippen LogP contribution in [0.15, 0.2) is 53.4 Å². The van der Waals surface area contributed by atoms with Crippen molar-refractivity contribution in [3.63, 3.8) is 0 Å². The molecule has 0 heterocycles. The zero-order chi connectivity index (χ0) is 20.0. The van der Waals surface area contributed by atoms with Crippen molar-refractivity contribution in [3.8, 4) is 6.07 Å². The van der Waals surface area contributed by atoms with E-state index in [0.717, 1.165) is 0 Å². The van der Waals surface area contributed by atoms with Crippen molar-refractivity contribution in [2.75, 3.05) is 0 Å². The van der Waals surface area contributed by atoms with E-state index < -0.39 is 28.1 Å². The molecule has 0 unspecified atom stereocenters. The number of nitrogens with one attached hydrogen (secondary N) is 1. The third kappa shape index (κ3) is 5.77. The molecule has 2 atom stereocenters. The van der Waals surface area contributed by atoms with Crippen LogP contribution >= 0.6 is 11.6 Å². The summed E-state index contributed by atoms with van der Waals surface area (Å²) in [6, 6.07) is 12.2. The van der Waals surface area contributed by atoms with E-state index in [9.17, 15) is 18.3 Å². The topological polar surface area (TPSA) is 116 Å². The number of nitrogens with zero attached hydrogens (tertiary/aromatic N) is 1. The number of benzene rings is 2. The fraction of sp³-hybridized carbons (Fsp3) is 0.222. The predicted octanol–water partition coefficient (Wildman–Crippen LogP) is 1.98. The molecule has 0 fully saturated rings. The van der Waals surface area contributed by atoms with Crippen molar-refractivity contribution >= 4 is 27.6 Å². The Bertz CT molecular complexity index is 935. The second kappa shape index (κ2) is 8.97. The van der Waals surface area contributed by atoms with Gasteiger partial charge in [-0.05, 0) is 48.9 Å². The average molecular weight is 409 g/mol. The highest BCUT2D eigenvalue weighted by Crippen LogP contribution is 2.15. The van der Waals surface area contributed by atoms with E-state index in [4.69, 9.17) is 21.6 Å². The van der Waals surface area contributed by atoms with Gasteiger partial charge in [-0.2, -0.15) is 9.98 Å². The van der Waals surface area contributed by atoms with E-state index >= 15 is 0 Å². The quantitative estimate of drug-likeness (QED) is 0.676. The number of carbonyl (C=O) groups is 1. The molecule has 7 nitrogen and oxygen atoms in total. The van der Waals surface area contributed by atoms with E-state index in [0.29, 0.717) is 16.1 Å². The lowest BCUT2D eigenvalue weighted by Gasteiger charge is -2.20. The lowest BCUT2D eigenvalue weighted by atomic mass is 10.1. The van der Waals surface area contributed by atoms with Gasteiger partial charge < -0.3 is 9.84 Å². The molecule has 0 aromatic heterocycles. The molecule has 0 radical (unpaired) electrons. The first-order chi connectivity index (χ1) is 12.7. The minimum atomic E-state index is -4.06. The summed E-state index contributed by atoms with van der Waals surface area (Å²) in [5, 5.41) is 18.9. The number of rotatable bonds is 7. The molecule has 0 aliphatic heterocycles. The second-order valence-electron chi connectivity index (χ2n) is 5.71. The number of halogens is 1. The van der Waals surface area contributed by atoms with Crippen LogP contribution < -0.4 is 4.72 Å². The van der Waals surface area contributed by atoms with Crippen molar-refractivity contribution in [2.45, 2.75) is 30.6 Å². The van der Waals surface area contributed by atoms with Gasteiger partial charge in [0.1, 0.15) is 12.6 Å². The molecular weight excluding hydrogens is 392 g/mol. The van der Waals surface area contributed by atoms with Crippen LogP contribution in [0, 0.1) is 11.3 Å². The third-order valence-corrected chi connectivity index (χ3v) is 5.32. The van der Waals surface area contributed by atoms with E-state index in [1.165, 1.54) is 31.2 Å². The first kappa shape index (κ1) is 20.9. The number of aliphatic hydroxyl groups is 1. The minimum Gasteiger partial charge on any atom is -0.460 e. The molecule has 2 N–H and O–H groups in total. The summed E-state index contributed by atoms with van der Waals surface area (Å²) < 4.78 is 32.0. The van der Waals surface area contributed by atoms with E-state index in [1.807, 2.05) is 6.07 Å². The second-order valence-corrected chi connectivity index (χ2v) is 7.86. The monoisotopic (exact) mass is 408 g/mol. The lowest BCUT2D eigenvalue weighted by molar-refractivity contribution is -0.149. The number of ether oxygens (including phenoxy) is 1. The lowest BCUT2D eigenvalue weighted by Crippen LogP contribution is -2.48. The van der Waals surface area contributed by atoms with Crippen molar-refractivity contribution in [3.05, 3.63) is 64.7 Å². The van der Waals surface area contributed by atoms with Gasteiger partial charge in [0.2, 0.25) is 10.0 Å². The Hall–Kier alpha value is -2.44. The molecule has 0 saturated carbocycles. The standard InChI is InChI=1S/C18H17ClN2O5S/c1-12(22)17(21-27(24,25)16-8-6-15(19)7-9-16)18(23)26-11-14-4-2-13(10-20)3-5-14/h2-9,12,17,21-22H,11H2,1H3/t12-,17-/m1/s1. The molecule has 0 saturated heterocycles. The van der Waals surface area contributed by atoms with Crippen molar-refractivity contribution < 1.29 is 23.1 Å². The molecule has 2 rings (SSSR count). The first-order valence-electron chi connectivity index (χ1n) is 7.84. The van der Waals surface area contributed by atoms with Crippen molar-refractivity contribution in [1.82, 2.24) is 4.72 Å². The molecule has 142 valence electrons. The molecule has 2 aromatic carbocycles. The summed E-state index contributed by atoms with van der Waals surface area (Å²) >= 11 is 5.74. The van der Waals surface area contributed by atoms with Gasteiger partial charge >= 0.3 is 5.97 Å². The highest BCUT2D eigenvalue weighted by molar-refractivity contribution is 7.89. The highest BCUT2D eigenvalue weighted by Gasteiger charge is 2.31. The Balaban J connectivity index is 2.07. The van der Waals surface area contributed by atoms with Crippen LogP contribution in [-0.2, 0) is 26.2 Å². The number of aliphatic hydroxyl groups excluding tert-OH is 1. The van der Waals surface area contributed by atoms with Gasteiger partial charge in [-0.3, -0.25) is 4.79 Å². The summed E-state index contributed by atoms with van der Waals surface area (Å²) in [4.78, 5) is 12.2. The summed E-state index contributed by atoms with van der Waals surface area (Å²) in [5.41, 5.74) is 1.08. The predicted molar refractivity (Wildman–Crippen MR) is 98.2 cm³/mol. The zero-order valence-electron chi connectivity index (χ0n) is 14.3. The fourth-order valence-corrected chi connectivity index (χ4v) is 3.50. The Kier molecular flexibility index (Phi) is 6.93. The maximum absolute atomic E-state index is 12.4. The number of hydrogen-bond acceptors (Lipinski definition) is 6. The van der Waals surface area contributed by atoms with E-state index in [2.05, 4.69) is 4.72 Å². The molecule has 0 bridgehead atoms. The Morgan fingerprint density at radius 3 is 2.33 bits per heavy atom. The maximum Gasteiger partial charge on any atom is 0.327 e. The molecular formula is C18H17ClN2O5S. The molecule has 9 heteroatoms. The summed E-state index contributed by atoms with van der Waals surface area (Å²) in [5.74, 6) is -0.924. The van der Waals surface area contributed by atoms with Gasteiger partial charge in [-0.1, -0.05) is 23.7 Å². The molecule has 27 heavy (non-hydrogen) atoms. The van der Waals surface area contributed by atoms with E-state index in [-0.39, 0.29) is 11.5 Å². The van der Waals surface area contributed by atoms with Crippen LogP contribution in [0.2, 0.25) is 5.02 Å². The highest BCUT2D eigenvalue weighted by atomic mass is 35.5. The summed E-state index contributed by atoms with van der Waals surface area (Å²) in [6.07, 6.45) is -1.32. The van der Waals surface area contributed by atoms with Crippen LogP contribution in [0.1, 0.15) is 18.1 Å². The third-order valence-electron chi connectivity index (χ3n) is 3.61. The number of carbonyl (C=O) groups excluding carboxylic acids is 1. The Labute approximate surface area is 162 Å². The van der Waals surface area contributed by atoms with Gasteiger partial charge in [0.05, 0.1) is 22.6 Å². The van der Waals surface area contributed by atoms with Gasteiger partial charge in [0.15, 0.2) is 0 Å². The van der Waals surface area contributed by atoms with Crippen LogP contribution in [0.3, 0.4) is 0 Å². The number of hydrogen-bond donors (Lipinski definition) is 2. The van der Waals surface area contributed by atoms with Crippen molar-refractivity contribution in [1.29, 1.82) is 5.26 Å². The van der Waals surface area contributed by atoms with Crippen molar-refractivity contribution in [2.24, 2.45) is 0 Å². The molecule has 0 aliphatic rings. The zero-order valence-corrected chi connectivity index (χ0v) is 15.9. The Morgan fingerprint density at radius 1 is 1.22 bits per heavy atom.